The summed E-state index contributed by atoms with van der Waals surface area (Å²) in [6.45, 7) is 0.405. The Bertz CT molecular complexity index is 546. The first-order chi connectivity index (χ1) is 7.86. The van der Waals surface area contributed by atoms with Gasteiger partial charge in [0.1, 0.15) is 12.6 Å². The number of hydrogen-bond acceptors (Lipinski definition) is 5. The Hall–Kier alpha value is -2.16. The van der Waals surface area contributed by atoms with Gasteiger partial charge in [-0.1, -0.05) is 5.16 Å². The highest BCUT2D eigenvalue weighted by Gasteiger charge is 2.28. The lowest BCUT2D eigenvalue weighted by Crippen LogP contribution is -2.01. The average molecular weight is 215 g/mol. The van der Waals surface area contributed by atoms with Crippen LogP contribution in [0.15, 0.2) is 16.9 Å². The van der Waals surface area contributed by atoms with Gasteiger partial charge in [-0.15, -0.1) is 0 Å². The van der Waals surface area contributed by atoms with Gasteiger partial charge in [-0.2, -0.15) is 10.2 Å². The van der Waals surface area contributed by atoms with E-state index in [-0.39, 0.29) is 0 Å². The van der Waals surface area contributed by atoms with Gasteiger partial charge in [-0.25, -0.2) is 4.98 Å². The van der Waals surface area contributed by atoms with E-state index in [1.54, 1.807) is 17.0 Å². The smallest absolute Gasteiger partial charge is 0.246 e. The van der Waals surface area contributed by atoms with Gasteiger partial charge < -0.3 is 9.09 Å². The molecule has 1 fully saturated rings. The molecule has 1 aliphatic carbocycles. The van der Waals surface area contributed by atoms with Gasteiger partial charge in [-0.3, -0.25) is 0 Å². The molecule has 6 heteroatoms. The predicted octanol–water partition coefficient (Wildman–Crippen LogP) is 1.06. The monoisotopic (exact) mass is 215 g/mol. The highest BCUT2D eigenvalue weighted by molar-refractivity contribution is 5.12. The normalized spacial score (nSPS) is 14.9. The number of rotatable bonds is 3. The van der Waals surface area contributed by atoms with E-state index < -0.39 is 0 Å². The van der Waals surface area contributed by atoms with Gasteiger partial charge in [0.2, 0.25) is 11.7 Å². The maximum absolute atomic E-state index is 8.79. The summed E-state index contributed by atoms with van der Waals surface area (Å²) in [6, 6.07) is 2.00. The zero-order chi connectivity index (χ0) is 11.0. The standard InChI is InChI=1S/C10H9N5O/c11-5-8-12-3-4-15(8)6-9-13-10(14-16-9)7-1-2-7/h3-4,7H,1-2,6H2. The molecule has 0 radical (unpaired) electrons. The summed E-state index contributed by atoms with van der Waals surface area (Å²) in [5.41, 5.74) is 0. The number of nitrogens with zero attached hydrogens (tertiary/aromatic N) is 5. The molecule has 16 heavy (non-hydrogen) atoms. The van der Waals surface area contributed by atoms with Gasteiger partial charge in [0.05, 0.1) is 0 Å². The Labute approximate surface area is 91.5 Å². The molecule has 0 bridgehead atoms. The summed E-state index contributed by atoms with van der Waals surface area (Å²) in [5.74, 6) is 2.15. The highest BCUT2D eigenvalue weighted by atomic mass is 16.5. The number of imidazole rings is 1. The fourth-order valence-corrected chi connectivity index (χ4v) is 1.54. The molecular weight excluding hydrogens is 206 g/mol. The van der Waals surface area contributed by atoms with E-state index in [2.05, 4.69) is 15.1 Å². The first-order valence-corrected chi connectivity index (χ1v) is 5.10. The van der Waals surface area contributed by atoms with Crippen molar-refractivity contribution in [3.8, 4) is 6.07 Å². The summed E-state index contributed by atoms with van der Waals surface area (Å²) in [7, 11) is 0. The number of aromatic nitrogens is 4. The fourth-order valence-electron chi connectivity index (χ4n) is 1.54. The van der Waals surface area contributed by atoms with Crippen molar-refractivity contribution in [2.24, 2.45) is 0 Å². The van der Waals surface area contributed by atoms with Crippen molar-refractivity contribution in [3.05, 3.63) is 29.9 Å². The van der Waals surface area contributed by atoms with Crippen molar-refractivity contribution in [1.82, 2.24) is 19.7 Å². The van der Waals surface area contributed by atoms with Crippen LogP contribution in [0.5, 0.6) is 0 Å². The third-order valence-corrected chi connectivity index (χ3v) is 2.55. The molecule has 1 aliphatic rings. The van der Waals surface area contributed by atoms with Crippen LogP contribution in [0.2, 0.25) is 0 Å². The predicted molar refractivity (Wildman–Crippen MR) is 52.3 cm³/mol. The van der Waals surface area contributed by atoms with Crippen LogP contribution >= 0.6 is 0 Å². The van der Waals surface area contributed by atoms with Crippen molar-refractivity contribution < 1.29 is 4.52 Å². The summed E-state index contributed by atoms with van der Waals surface area (Å²) in [5, 5.41) is 12.7. The minimum atomic E-state index is 0.353. The van der Waals surface area contributed by atoms with Crippen LogP contribution in [0.3, 0.4) is 0 Å². The number of hydrogen-bond donors (Lipinski definition) is 0. The molecular formula is C10H9N5O. The molecule has 0 saturated heterocycles. The van der Waals surface area contributed by atoms with E-state index >= 15 is 0 Å². The van der Waals surface area contributed by atoms with Gasteiger partial charge in [-0.05, 0) is 12.8 Å². The van der Waals surface area contributed by atoms with Crippen LogP contribution in [0.25, 0.3) is 0 Å². The average Bonchev–Trinajstić information content (AvgIpc) is 2.88. The van der Waals surface area contributed by atoms with E-state index in [1.165, 1.54) is 0 Å². The molecule has 0 amide bonds. The quantitative estimate of drug-likeness (QED) is 0.764. The van der Waals surface area contributed by atoms with Crippen LogP contribution in [-0.4, -0.2) is 19.7 Å². The second-order valence-corrected chi connectivity index (χ2v) is 3.81. The van der Waals surface area contributed by atoms with Crippen LogP contribution < -0.4 is 0 Å². The molecule has 0 atom stereocenters. The third-order valence-electron chi connectivity index (χ3n) is 2.55. The van der Waals surface area contributed by atoms with E-state index in [9.17, 15) is 0 Å². The minimum Gasteiger partial charge on any atom is -0.337 e. The minimum absolute atomic E-state index is 0.353. The van der Waals surface area contributed by atoms with Crippen molar-refractivity contribution in [1.29, 1.82) is 5.26 Å². The molecule has 0 aliphatic heterocycles. The fraction of sp³-hybridized carbons (Fsp3) is 0.400. The lowest BCUT2D eigenvalue weighted by Gasteiger charge is -1.96. The van der Waals surface area contributed by atoms with Crippen molar-refractivity contribution >= 4 is 0 Å². The third kappa shape index (κ3) is 1.56. The Balaban J connectivity index is 1.80. The molecule has 2 heterocycles. The lowest BCUT2D eigenvalue weighted by atomic mass is 10.4. The maximum Gasteiger partial charge on any atom is 0.246 e. The van der Waals surface area contributed by atoms with Crippen molar-refractivity contribution in [2.45, 2.75) is 25.3 Å². The zero-order valence-electron chi connectivity index (χ0n) is 8.50. The maximum atomic E-state index is 8.79. The summed E-state index contributed by atoms with van der Waals surface area (Å²) >= 11 is 0. The van der Waals surface area contributed by atoms with Crippen LogP contribution in [0.1, 0.15) is 36.3 Å². The molecule has 1 saturated carbocycles. The first-order valence-electron chi connectivity index (χ1n) is 5.10. The van der Waals surface area contributed by atoms with Crippen LogP contribution in [0, 0.1) is 11.3 Å². The first kappa shape index (κ1) is 9.09. The summed E-state index contributed by atoms with van der Waals surface area (Å²) in [6.07, 6.45) is 5.59. The lowest BCUT2D eigenvalue weighted by molar-refractivity contribution is 0.366. The van der Waals surface area contributed by atoms with Crippen molar-refractivity contribution in [3.63, 3.8) is 0 Å². The van der Waals surface area contributed by atoms with E-state index in [4.69, 9.17) is 9.78 Å². The van der Waals surface area contributed by atoms with Gasteiger partial charge in [0.25, 0.3) is 0 Å². The second kappa shape index (κ2) is 3.45. The largest absolute Gasteiger partial charge is 0.337 e. The summed E-state index contributed by atoms with van der Waals surface area (Å²) in [4.78, 5) is 8.18. The zero-order valence-corrected chi connectivity index (χ0v) is 8.50. The highest BCUT2D eigenvalue weighted by Crippen LogP contribution is 2.38. The van der Waals surface area contributed by atoms with Gasteiger partial charge in [0.15, 0.2) is 5.82 Å². The van der Waals surface area contributed by atoms with Crippen LogP contribution in [0.4, 0.5) is 0 Å². The van der Waals surface area contributed by atoms with Gasteiger partial charge in [0, 0.05) is 18.3 Å². The molecule has 0 N–H and O–H groups in total. The SMILES string of the molecule is N#Cc1nccn1Cc1nc(C2CC2)no1. The molecule has 80 valence electrons. The second-order valence-electron chi connectivity index (χ2n) is 3.81. The Morgan fingerprint density at radius 2 is 2.44 bits per heavy atom. The molecule has 6 nitrogen and oxygen atoms in total. The molecule has 2 aromatic rings. The topological polar surface area (TPSA) is 80.5 Å². The number of nitriles is 1. The van der Waals surface area contributed by atoms with E-state index in [0.717, 1.165) is 18.7 Å². The Morgan fingerprint density at radius 1 is 1.56 bits per heavy atom. The summed E-state index contributed by atoms with van der Waals surface area (Å²) < 4.78 is 6.80. The van der Waals surface area contributed by atoms with E-state index in [1.807, 2.05) is 6.07 Å². The molecule has 0 spiro atoms. The molecule has 0 aromatic carbocycles. The Kier molecular flexibility index (Phi) is 1.96. The van der Waals surface area contributed by atoms with E-state index in [0.29, 0.717) is 24.2 Å². The molecule has 3 rings (SSSR count). The molecule has 2 aromatic heterocycles. The Morgan fingerprint density at radius 3 is 3.19 bits per heavy atom. The van der Waals surface area contributed by atoms with Crippen LogP contribution in [-0.2, 0) is 6.54 Å². The van der Waals surface area contributed by atoms with Gasteiger partial charge >= 0.3 is 0 Å². The molecule has 0 unspecified atom stereocenters. The van der Waals surface area contributed by atoms with Crippen molar-refractivity contribution in [2.75, 3.05) is 0 Å².